The van der Waals surface area contributed by atoms with Gasteiger partial charge in [-0.25, -0.2) is 8.42 Å². The smallest absolute Gasteiger partial charge is 0.268 e. The maximum absolute atomic E-state index is 12.8. The molecule has 1 atom stereocenters. The molecule has 1 fully saturated rings. The molecule has 2 aliphatic heterocycles. The molecule has 0 aliphatic carbocycles. The Bertz CT molecular complexity index is 995. The Kier molecular flexibility index (Phi) is 5.51. The van der Waals surface area contributed by atoms with Crippen LogP contribution in [0.4, 0.5) is 0 Å². The fourth-order valence-electron chi connectivity index (χ4n) is 3.60. The zero-order valence-electron chi connectivity index (χ0n) is 16.3. The summed E-state index contributed by atoms with van der Waals surface area (Å²) in [6, 6.07) is 6.66. The van der Waals surface area contributed by atoms with Crippen molar-refractivity contribution in [3.8, 4) is 11.5 Å². The summed E-state index contributed by atoms with van der Waals surface area (Å²) in [7, 11) is -3.57. The van der Waals surface area contributed by atoms with Crippen molar-refractivity contribution in [2.75, 3.05) is 26.3 Å². The lowest BCUT2D eigenvalue weighted by atomic mass is 10.1. The zero-order valence-corrected chi connectivity index (χ0v) is 17.1. The Hall–Kier alpha value is -2.52. The van der Waals surface area contributed by atoms with Crippen LogP contribution in [0.1, 0.15) is 48.3 Å². The molecule has 1 aromatic heterocycles. The molecular weight excluding hydrogens is 394 g/mol. The third-order valence-electron chi connectivity index (χ3n) is 5.27. The largest absolute Gasteiger partial charge is 0.486 e. The van der Waals surface area contributed by atoms with E-state index in [0.29, 0.717) is 37.8 Å². The van der Waals surface area contributed by atoms with Crippen LogP contribution in [0.3, 0.4) is 0 Å². The van der Waals surface area contributed by atoms with Crippen LogP contribution >= 0.6 is 0 Å². The first-order chi connectivity index (χ1) is 13.9. The van der Waals surface area contributed by atoms with Gasteiger partial charge in [0.25, 0.3) is 5.91 Å². The minimum atomic E-state index is -3.57. The number of rotatable bonds is 5. The van der Waals surface area contributed by atoms with Crippen molar-refractivity contribution < 1.29 is 22.7 Å². The van der Waals surface area contributed by atoms with Crippen LogP contribution in [0.15, 0.2) is 35.4 Å². The van der Waals surface area contributed by atoms with Crippen LogP contribution in [0.5, 0.6) is 11.5 Å². The number of hydrogen-bond acceptors (Lipinski definition) is 5. The highest BCUT2D eigenvalue weighted by Gasteiger charge is 2.28. The number of ether oxygens (including phenoxy) is 2. The lowest BCUT2D eigenvalue weighted by Crippen LogP contribution is -2.35. The van der Waals surface area contributed by atoms with E-state index in [2.05, 4.69) is 10.3 Å². The van der Waals surface area contributed by atoms with Crippen LogP contribution < -0.4 is 14.8 Å². The maximum atomic E-state index is 12.8. The zero-order chi connectivity index (χ0) is 20.4. The average molecular weight is 420 g/mol. The molecular formula is C20H25N3O5S. The predicted octanol–water partition coefficient (Wildman–Crippen LogP) is 2.45. The Morgan fingerprint density at radius 2 is 1.83 bits per heavy atom. The molecule has 1 amide bonds. The fraction of sp³-hybridized carbons (Fsp3) is 0.450. The molecule has 1 aromatic carbocycles. The second-order valence-electron chi connectivity index (χ2n) is 7.31. The highest BCUT2D eigenvalue weighted by atomic mass is 32.2. The molecule has 8 nitrogen and oxygen atoms in total. The molecule has 2 aliphatic rings. The first-order valence-corrected chi connectivity index (χ1v) is 11.3. The highest BCUT2D eigenvalue weighted by Crippen LogP contribution is 2.32. The number of H-pyrrole nitrogens is 1. The van der Waals surface area contributed by atoms with Gasteiger partial charge in [-0.15, -0.1) is 0 Å². The first-order valence-electron chi connectivity index (χ1n) is 9.84. The van der Waals surface area contributed by atoms with Crippen molar-refractivity contribution in [3.63, 3.8) is 0 Å². The van der Waals surface area contributed by atoms with Gasteiger partial charge < -0.3 is 19.8 Å². The van der Waals surface area contributed by atoms with Gasteiger partial charge in [0, 0.05) is 19.3 Å². The van der Waals surface area contributed by atoms with Crippen LogP contribution in [0.25, 0.3) is 0 Å². The number of nitrogens with one attached hydrogen (secondary N) is 2. The molecule has 0 saturated carbocycles. The summed E-state index contributed by atoms with van der Waals surface area (Å²) in [6.07, 6.45) is 4.16. The minimum absolute atomic E-state index is 0.122. The molecule has 0 bridgehead atoms. The predicted molar refractivity (Wildman–Crippen MR) is 107 cm³/mol. The Labute approximate surface area is 170 Å². The van der Waals surface area contributed by atoms with E-state index in [9.17, 15) is 13.2 Å². The van der Waals surface area contributed by atoms with E-state index >= 15 is 0 Å². The average Bonchev–Trinajstić information content (AvgIpc) is 3.25. The van der Waals surface area contributed by atoms with Crippen LogP contribution in [-0.4, -0.2) is 49.9 Å². The monoisotopic (exact) mass is 419 g/mol. The molecule has 3 heterocycles. The second-order valence-corrected chi connectivity index (χ2v) is 9.25. The van der Waals surface area contributed by atoms with Crippen molar-refractivity contribution in [2.24, 2.45) is 0 Å². The van der Waals surface area contributed by atoms with Gasteiger partial charge in [-0.1, -0.05) is 12.5 Å². The quantitative estimate of drug-likeness (QED) is 0.775. The topological polar surface area (TPSA) is 101 Å². The molecule has 0 unspecified atom stereocenters. The molecule has 4 rings (SSSR count). The maximum Gasteiger partial charge on any atom is 0.268 e. The number of carbonyl (C=O) groups is 1. The number of hydrogen-bond donors (Lipinski definition) is 2. The van der Waals surface area contributed by atoms with Gasteiger partial charge in [0.05, 0.1) is 6.04 Å². The summed E-state index contributed by atoms with van der Waals surface area (Å²) < 4.78 is 38.1. The number of aromatic nitrogens is 1. The third-order valence-corrected chi connectivity index (χ3v) is 7.14. The van der Waals surface area contributed by atoms with E-state index in [1.54, 1.807) is 0 Å². The molecule has 2 N–H and O–H groups in total. The molecule has 9 heteroatoms. The van der Waals surface area contributed by atoms with Crippen molar-refractivity contribution in [3.05, 3.63) is 41.7 Å². The van der Waals surface area contributed by atoms with Crippen molar-refractivity contribution >= 4 is 15.9 Å². The van der Waals surface area contributed by atoms with Crippen LogP contribution in [0.2, 0.25) is 0 Å². The van der Waals surface area contributed by atoms with E-state index in [1.807, 2.05) is 25.1 Å². The second kappa shape index (κ2) is 8.08. The van der Waals surface area contributed by atoms with Gasteiger partial charge in [-0.05, 0) is 43.5 Å². The molecule has 0 radical (unpaired) electrons. The summed E-state index contributed by atoms with van der Waals surface area (Å²) in [5.41, 5.74) is 1.08. The summed E-state index contributed by atoms with van der Waals surface area (Å²) in [5, 5.41) is 2.89. The first kappa shape index (κ1) is 19.8. The number of amides is 1. The fourth-order valence-corrected chi connectivity index (χ4v) is 5.11. The summed E-state index contributed by atoms with van der Waals surface area (Å²) in [4.78, 5) is 15.5. The standard InChI is InChI=1S/C20H25N3O5S/c1-14(15-5-6-18-19(11-15)28-10-9-27-18)22-20(24)17-12-16(13-21-17)29(25,26)23-7-3-2-4-8-23/h5-6,11-14,21H,2-4,7-10H2,1H3,(H,22,24)/t14-/m0/s1. The van der Waals surface area contributed by atoms with Crippen LogP contribution in [-0.2, 0) is 10.0 Å². The van der Waals surface area contributed by atoms with Gasteiger partial charge in [-0.2, -0.15) is 4.31 Å². The van der Waals surface area contributed by atoms with Crippen molar-refractivity contribution in [2.45, 2.75) is 37.1 Å². The number of sulfonamides is 1. The van der Waals surface area contributed by atoms with Crippen molar-refractivity contribution in [1.29, 1.82) is 0 Å². The van der Waals surface area contributed by atoms with E-state index in [-0.39, 0.29) is 22.5 Å². The normalized spacial score (nSPS) is 18.2. The van der Waals surface area contributed by atoms with Gasteiger partial charge in [-0.3, -0.25) is 4.79 Å². The Morgan fingerprint density at radius 1 is 1.10 bits per heavy atom. The molecule has 1 saturated heterocycles. The lowest BCUT2D eigenvalue weighted by Gasteiger charge is -2.25. The van der Waals surface area contributed by atoms with E-state index in [0.717, 1.165) is 24.8 Å². The Balaban J connectivity index is 1.45. The molecule has 156 valence electrons. The SMILES string of the molecule is C[C@H](NC(=O)c1cc(S(=O)(=O)N2CCCCC2)c[nH]1)c1ccc2c(c1)OCCO2. The number of carbonyl (C=O) groups excluding carboxylic acids is 1. The number of piperidine rings is 1. The van der Waals surface area contributed by atoms with Gasteiger partial charge in [0.1, 0.15) is 23.8 Å². The van der Waals surface area contributed by atoms with Crippen LogP contribution in [0, 0.1) is 0 Å². The van der Waals surface area contributed by atoms with Gasteiger partial charge in [0.15, 0.2) is 11.5 Å². The number of aromatic amines is 1. The minimum Gasteiger partial charge on any atom is -0.486 e. The number of nitrogens with zero attached hydrogens (tertiary/aromatic N) is 1. The van der Waals surface area contributed by atoms with E-state index in [4.69, 9.17) is 9.47 Å². The van der Waals surface area contributed by atoms with E-state index in [1.165, 1.54) is 16.6 Å². The lowest BCUT2D eigenvalue weighted by molar-refractivity contribution is 0.0935. The summed E-state index contributed by atoms with van der Waals surface area (Å²) in [5.74, 6) is 0.979. The third kappa shape index (κ3) is 4.11. The highest BCUT2D eigenvalue weighted by molar-refractivity contribution is 7.89. The number of fused-ring (bicyclic) bond motifs is 1. The molecule has 29 heavy (non-hydrogen) atoms. The number of benzene rings is 1. The van der Waals surface area contributed by atoms with Gasteiger partial charge >= 0.3 is 0 Å². The van der Waals surface area contributed by atoms with Crippen molar-refractivity contribution in [1.82, 2.24) is 14.6 Å². The Morgan fingerprint density at radius 3 is 2.59 bits per heavy atom. The summed E-state index contributed by atoms with van der Waals surface area (Å²) in [6.45, 7) is 3.92. The molecule has 0 spiro atoms. The van der Waals surface area contributed by atoms with E-state index < -0.39 is 10.0 Å². The summed E-state index contributed by atoms with van der Waals surface area (Å²) >= 11 is 0. The van der Waals surface area contributed by atoms with Gasteiger partial charge in [0.2, 0.25) is 10.0 Å². The molecule has 2 aromatic rings.